The maximum atomic E-state index is 14.5. The number of ether oxygens (including phenoxy) is 2. The van der Waals surface area contributed by atoms with Crippen LogP contribution in [0.15, 0.2) is 15.3 Å². The SMILES string of the molecule is CCCC1C=Cc2c3c(c4oc(=O)c(F)c(CC)c4c2O1)C(=O)CC(C)O3. The van der Waals surface area contributed by atoms with E-state index in [0.717, 1.165) is 12.8 Å². The quantitative estimate of drug-likeness (QED) is 0.746. The summed E-state index contributed by atoms with van der Waals surface area (Å²) in [4.78, 5) is 24.8. The highest BCUT2D eigenvalue weighted by Gasteiger charge is 2.35. The number of fused-ring (bicyclic) bond motifs is 6. The number of carbonyl (C=O) groups is 1. The second-order valence-corrected chi connectivity index (χ2v) is 7.05. The molecule has 2 aromatic rings. The van der Waals surface area contributed by atoms with E-state index in [1.807, 2.05) is 19.1 Å². The maximum Gasteiger partial charge on any atom is 0.372 e. The van der Waals surface area contributed by atoms with Crippen molar-refractivity contribution >= 4 is 22.8 Å². The molecule has 2 atom stereocenters. The lowest BCUT2D eigenvalue weighted by molar-refractivity contribution is 0.0870. The molecule has 0 radical (unpaired) electrons. The van der Waals surface area contributed by atoms with Gasteiger partial charge in [0.1, 0.15) is 29.3 Å². The van der Waals surface area contributed by atoms with E-state index < -0.39 is 11.4 Å². The molecule has 0 spiro atoms. The third-order valence-corrected chi connectivity index (χ3v) is 5.08. The monoisotopic (exact) mass is 372 g/mol. The molecule has 6 heteroatoms. The number of Topliss-reactive ketones (excluding diaryl/α,β-unsaturated/α-hetero) is 1. The summed E-state index contributed by atoms with van der Waals surface area (Å²) in [7, 11) is 0. The molecular weight excluding hydrogens is 351 g/mol. The van der Waals surface area contributed by atoms with Crippen molar-refractivity contribution in [3.63, 3.8) is 0 Å². The van der Waals surface area contributed by atoms with Gasteiger partial charge in [0.05, 0.1) is 10.9 Å². The average molecular weight is 372 g/mol. The molecule has 27 heavy (non-hydrogen) atoms. The third-order valence-electron chi connectivity index (χ3n) is 5.08. The molecule has 0 saturated carbocycles. The molecule has 1 aromatic heterocycles. The van der Waals surface area contributed by atoms with Gasteiger partial charge in [-0.2, -0.15) is 4.39 Å². The van der Waals surface area contributed by atoms with Gasteiger partial charge < -0.3 is 13.9 Å². The summed E-state index contributed by atoms with van der Waals surface area (Å²) in [6, 6.07) is 0. The fourth-order valence-electron chi connectivity index (χ4n) is 3.87. The van der Waals surface area contributed by atoms with Gasteiger partial charge in [-0.15, -0.1) is 0 Å². The summed E-state index contributed by atoms with van der Waals surface area (Å²) in [6.07, 6.45) is 5.49. The van der Waals surface area contributed by atoms with Crippen LogP contribution in [-0.2, 0) is 6.42 Å². The molecule has 0 aliphatic carbocycles. The van der Waals surface area contributed by atoms with Crippen LogP contribution in [0.4, 0.5) is 4.39 Å². The normalized spacial score (nSPS) is 20.8. The van der Waals surface area contributed by atoms with Crippen molar-refractivity contribution in [2.75, 3.05) is 0 Å². The Morgan fingerprint density at radius 2 is 1.96 bits per heavy atom. The second kappa shape index (κ2) is 6.51. The van der Waals surface area contributed by atoms with Gasteiger partial charge in [-0.1, -0.05) is 20.3 Å². The van der Waals surface area contributed by atoms with E-state index in [1.54, 1.807) is 6.92 Å². The first-order valence-corrected chi connectivity index (χ1v) is 9.36. The zero-order valence-corrected chi connectivity index (χ0v) is 15.6. The molecular formula is C21H21FO5. The van der Waals surface area contributed by atoms with E-state index in [4.69, 9.17) is 13.9 Å². The number of rotatable bonds is 3. The van der Waals surface area contributed by atoms with Crippen molar-refractivity contribution in [3.05, 3.63) is 39.0 Å². The molecule has 0 saturated heterocycles. The van der Waals surface area contributed by atoms with Crippen LogP contribution < -0.4 is 15.1 Å². The highest BCUT2D eigenvalue weighted by atomic mass is 19.1. The number of halogens is 1. The molecule has 0 amide bonds. The molecule has 5 nitrogen and oxygen atoms in total. The van der Waals surface area contributed by atoms with Crippen LogP contribution in [0.25, 0.3) is 17.0 Å². The Bertz CT molecular complexity index is 1030. The molecule has 2 aliphatic heterocycles. The highest BCUT2D eigenvalue weighted by Crippen LogP contribution is 2.48. The molecule has 1 aromatic carbocycles. The Hall–Kier alpha value is -2.63. The van der Waals surface area contributed by atoms with Crippen molar-refractivity contribution in [1.82, 2.24) is 0 Å². The van der Waals surface area contributed by atoms with E-state index in [9.17, 15) is 14.0 Å². The predicted molar refractivity (Wildman–Crippen MR) is 99.2 cm³/mol. The molecule has 2 unspecified atom stereocenters. The highest BCUT2D eigenvalue weighted by molar-refractivity contribution is 6.13. The van der Waals surface area contributed by atoms with E-state index in [0.29, 0.717) is 22.4 Å². The summed E-state index contributed by atoms with van der Waals surface area (Å²) in [5.41, 5.74) is -0.000330. The summed E-state index contributed by atoms with van der Waals surface area (Å²) < 4.78 is 31.9. The smallest absolute Gasteiger partial charge is 0.372 e. The van der Waals surface area contributed by atoms with Gasteiger partial charge >= 0.3 is 5.63 Å². The second-order valence-electron chi connectivity index (χ2n) is 7.05. The topological polar surface area (TPSA) is 65.7 Å². The molecule has 142 valence electrons. The van der Waals surface area contributed by atoms with Crippen LogP contribution in [0.2, 0.25) is 0 Å². The Morgan fingerprint density at radius 3 is 2.67 bits per heavy atom. The lowest BCUT2D eigenvalue weighted by atomic mass is 9.91. The van der Waals surface area contributed by atoms with Crippen LogP contribution >= 0.6 is 0 Å². The fourth-order valence-corrected chi connectivity index (χ4v) is 3.87. The van der Waals surface area contributed by atoms with E-state index in [1.165, 1.54) is 0 Å². The number of hydrogen-bond donors (Lipinski definition) is 0. The molecule has 2 aliphatic rings. The third kappa shape index (κ3) is 2.66. The van der Waals surface area contributed by atoms with Crippen LogP contribution in [0.3, 0.4) is 0 Å². The minimum absolute atomic E-state index is 0.0643. The minimum atomic E-state index is -1.08. The van der Waals surface area contributed by atoms with Crippen molar-refractivity contribution < 1.29 is 23.1 Å². The number of aryl methyl sites for hydroxylation is 1. The van der Waals surface area contributed by atoms with Gasteiger partial charge in [-0.05, 0) is 31.9 Å². The summed E-state index contributed by atoms with van der Waals surface area (Å²) in [5, 5.41) is 0.361. The number of ketones is 1. The van der Waals surface area contributed by atoms with Crippen LogP contribution in [0.1, 0.15) is 61.5 Å². The van der Waals surface area contributed by atoms with Crippen LogP contribution in [0.5, 0.6) is 11.5 Å². The number of hydrogen-bond acceptors (Lipinski definition) is 5. The standard InChI is InChI=1S/C21H21FO5/c1-4-6-11-7-8-13-18(26-11)15-12(5-2)17(22)21(24)27-20(15)16-14(23)9-10(3)25-19(13)16/h7-8,10-11H,4-6,9H2,1-3H3. The maximum absolute atomic E-state index is 14.5. The van der Waals surface area contributed by atoms with E-state index >= 15 is 0 Å². The van der Waals surface area contributed by atoms with E-state index in [-0.39, 0.29) is 47.5 Å². The van der Waals surface area contributed by atoms with Gasteiger partial charge in [-0.3, -0.25) is 4.79 Å². The molecule has 4 rings (SSSR count). The summed E-state index contributed by atoms with van der Waals surface area (Å²) >= 11 is 0. The largest absolute Gasteiger partial charge is 0.489 e. The zero-order chi connectivity index (χ0) is 19.3. The Labute approximate surface area is 155 Å². The Morgan fingerprint density at radius 1 is 1.19 bits per heavy atom. The van der Waals surface area contributed by atoms with Gasteiger partial charge in [0, 0.05) is 12.0 Å². The van der Waals surface area contributed by atoms with Crippen molar-refractivity contribution in [2.24, 2.45) is 0 Å². The molecule has 3 heterocycles. The van der Waals surface area contributed by atoms with Crippen molar-refractivity contribution in [3.8, 4) is 11.5 Å². The van der Waals surface area contributed by atoms with Crippen molar-refractivity contribution in [1.29, 1.82) is 0 Å². The van der Waals surface area contributed by atoms with Gasteiger partial charge in [-0.25, -0.2) is 4.79 Å². The van der Waals surface area contributed by atoms with Crippen molar-refractivity contribution in [2.45, 2.75) is 58.7 Å². The van der Waals surface area contributed by atoms with E-state index in [2.05, 4.69) is 6.92 Å². The molecule has 0 bridgehead atoms. The van der Waals surface area contributed by atoms with Gasteiger partial charge in [0.15, 0.2) is 11.4 Å². The van der Waals surface area contributed by atoms with Gasteiger partial charge in [0.2, 0.25) is 5.82 Å². The number of carbonyl (C=O) groups excluding carboxylic acids is 1. The fraction of sp³-hybridized carbons (Fsp3) is 0.429. The first kappa shape index (κ1) is 17.8. The Balaban J connectivity index is 2.14. The summed E-state index contributed by atoms with van der Waals surface area (Å²) in [6.45, 7) is 5.62. The van der Waals surface area contributed by atoms with Crippen LogP contribution in [-0.4, -0.2) is 18.0 Å². The first-order chi connectivity index (χ1) is 13.0. The minimum Gasteiger partial charge on any atom is -0.489 e. The molecule has 0 fully saturated rings. The summed E-state index contributed by atoms with van der Waals surface area (Å²) in [5.74, 6) is -0.345. The molecule has 0 N–H and O–H groups in total. The average Bonchev–Trinajstić information content (AvgIpc) is 2.63. The lowest BCUT2D eigenvalue weighted by Crippen LogP contribution is -2.27. The first-order valence-electron chi connectivity index (χ1n) is 9.36. The van der Waals surface area contributed by atoms with Crippen LogP contribution in [0, 0.1) is 5.82 Å². The Kier molecular flexibility index (Phi) is 4.29. The zero-order valence-electron chi connectivity index (χ0n) is 15.6. The predicted octanol–water partition coefficient (Wildman–Crippen LogP) is 4.42. The number of benzene rings is 1. The van der Waals surface area contributed by atoms with Gasteiger partial charge in [0.25, 0.3) is 0 Å². The lowest BCUT2D eigenvalue weighted by Gasteiger charge is -2.30.